The molecule has 0 aliphatic carbocycles. The molecule has 3 aromatic carbocycles. The molecule has 0 aromatic heterocycles. The van der Waals surface area contributed by atoms with E-state index in [1.165, 1.54) is 11.0 Å². The van der Waals surface area contributed by atoms with Gasteiger partial charge in [-0.1, -0.05) is 54.1 Å². The molecule has 5 rings (SSSR count). The highest BCUT2D eigenvalue weighted by Crippen LogP contribution is 2.39. The molecule has 0 unspecified atom stereocenters. The van der Waals surface area contributed by atoms with E-state index >= 15 is 0 Å². The van der Waals surface area contributed by atoms with E-state index in [1.54, 1.807) is 66.4 Å². The maximum Gasteiger partial charge on any atom is 0.404 e. The monoisotopic (exact) mass is 615 g/mol. The minimum atomic E-state index is -4.29. The molecule has 43 heavy (non-hydrogen) atoms. The maximum absolute atomic E-state index is 14.9. The van der Waals surface area contributed by atoms with Crippen molar-refractivity contribution in [3.05, 3.63) is 99.3 Å². The summed E-state index contributed by atoms with van der Waals surface area (Å²) in [6.45, 7) is 4.35. The highest BCUT2D eigenvalue weighted by Gasteiger charge is 2.46. The number of halogens is 5. The van der Waals surface area contributed by atoms with Crippen molar-refractivity contribution in [2.75, 3.05) is 18.4 Å². The summed E-state index contributed by atoms with van der Waals surface area (Å²) in [5.41, 5.74) is 3.19. The molecule has 0 radical (unpaired) electrons. The lowest BCUT2D eigenvalue weighted by atomic mass is 9.83. The SMILES string of the molecule is Cc1ccc(NC(=O)[C@H]2CCCN(C(=O)c3c(C)cccc3F)[C@H]2c2ccc(CN3CCC[C@H]3C(F)(F)F)cc2)cc1Cl. The van der Waals surface area contributed by atoms with Gasteiger partial charge in [-0.15, -0.1) is 0 Å². The van der Waals surface area contributed by atoms with E-state index in [2.05, 4.69) is 5.32 Å². The molecule has 5 nitrogen and oxygen atoms in total. The Bertz CT molecular complexity index is 1470. The minimum absolute atomic E-state index is 0.0391. The lowest BCUT2D eigenvalue weighted by Crippen LogP contribution is -2.46. The second-order valence-electron chi connectivity index (χ2n) is 11.5. The number of carbonyl (C=O) groups excluding carboxylic acids is 2. The summed E-state index contributed by atoms with van der Waals surface area (Å²) < 4.78 is 55.4. The van der Waals surface area contributed by atoms with Crippen LogP contribution in [0.15, 0.2) is 60.7 Å². The fraction of sp³-hybridized carbons (Fsp3) is 0.394. The van der Waals surface area contributed by atoms with Crippen LogP contribution in [0.4, 0.5) is 23.2 Å². The van der Waals surface area contributed by atoms with Gasteiger partial charge < -0.3 is 10.2 Å². The Labute approximate surface area is 253 Å². The number of benzene rings is 3. The Kier molecular flexibility index (Phi) is 9.13. The van der Waals surface area contributed by atoms with Gasteiger partial charge in [-0.3, -0.25) is 14.5 Å². The van der Waals surface area contributed by atoms with Gasteiger partial charge >= 0.3 is 6.18 Å². The Morgan fingerprint density at radius 3 is 2.35 bits per heavy atom. The number of hydrogen-bond acceptors (Lipinski definition) is 3. The summed E-state index contributed by atoms with van der Waals surface area (Å²) in [6.07, 6.45) is -2.70. The summed E-state index contributed by atoms with van der Waals surface area (Å²) in [5, 5.41) is 3.44. The van der Waals surface area contributed by atoms with Gasteiger partial charge in [-0.25, -0.2) is 4.39 Å². The predicted molar refractivity (Wildman–Crippen MR) is 158 cm³/mol. The Morgan fingerprint density at radius 2 is 1.67 bits per heavy atom. The van der Waals surface area contributed by atoms with Gasteiger partial charge in [0.1, 0.15) is 11.9 Å². The number of piperidine rings is 1. The second kappa shape index (κ2) is 12.7. The van der Waals surface area contributed by atoms with E-state index < -0.39 is 35.9 Å². The van der Waals surface area contributed by atoms with Gasteiger partial charge in [0.2, 0.25) is 5.91 Å². The third-order valence-corrected chi connectivity index (χ3v) is 8.96. The van der Waals surface area contributed by atoms with Gasteiger partial charge in [-0.05, 0) is 86.5 Å². The van der Waals surface area contributed by atoms with Crippen molar-refractivity contribution < 1.29 is 27.2 Å². The molecule has 2 saturated heterocycles. The van der Waals surface area contributed by atoms with Crippen molar-refractivity contribution in [1.82, 2.24) is 9.80 Å². The average Bonchev–Trinajstić information content (AvgIpc) is 3.44. The van der Waals surface area contributed by atoms with Crippen molar-refractivity contribution in [3.8, 4) is 0 Å². The van der Waals surface area contributed by atoms with E-state index in [4.69, 9.17) is 11.6 Å². The zero-order valence-electron chi connectivity index (χ0n) is 24.1. The predicted octanol–water partition coefficient (Wildman–Crippen LogP) is 7.85. The number of nitrogens with one attached hydrogen (secondary N) is 1. The zero-order chi connectivity index (χ0) is 30.9. The number of alkyl halides is 3. The number of amides is 2. The number of carbonyl (C=O) groups is 2. The number of rotatable bonds is 6. The summed E-state index contributed by atoms with van der Waals surface area (Å²) in [5.74, 6) is -2.11. The van der Waals surface area contributed by atoms with Crippen LogP contribution in [-0.4, -0.2) is 46.9 Å². The summed E-state index contributed by atoms with van der Waals surface area (Å²) in [7, 11) is 0. The van der Waals surface area contributed by atoms with E-state index in [0.29, 0.717) is 59.8 Å². The first-order valence-corrected chi connectivity index (χ1v) is 14.8. The molecule has 2 heterocycles. The van der Waals surface area contributed by atoms with E-state index in [0.717, 1.165) is 5.56 Å². The first-order chi connectivity index (χ1) is 20.4. The quantitative estimate of drug-likeness (QED) is 0.287. The smallest absolute Gasteiger partial charge is 0.331 e. The molecule has 2 fully saturated rings. The second-order valence-corrected chi connectivity index (χ2v) is 11.9. The summed E-state index contributed by atoms with van der Waals surface area (Å²) in [6, 6.07) is 14.5. The third kappa shape index (κ3) is 6.73. The van der Waals surface area contributed by atoms with E-state index in [1.807, 2.05) is 6.92 Å². The number of nitrogens with zero attached hydrogens (tertiary/aromatic N) is 2. The molecule has 228 valence electrons. The van der Waals surface area contributed by atoms with Crippen LogP contribution in [0.1, 0.15) is 64.3 Å². The van der Waals surface area contributed by atoms with Crippen molar-refractivity contribution in [2.24, 2.45) is 5.92 Å². The minimum Gasteiger partial charge on any atom is -0.331 e. The average molecular weight is 616 g/mol. The first kappa shape index (κ1) is 31.0. The fourth-order valence-corrected chi connectivity index (χ4v) is 6.48. The topological polar surface area (TPSA) is 52.7 Å². The molecule has 3 atom stereocenters. The number of aryl methyl sites for hydroxylation is 2. The van der Waals surface area contributed by atoms with Crippen molar-refractivity contribution in [1.29, 1.82) is 0 Å². The Hall–Kier alpha value is -3.43. The number of anilines is 1. The lowest BCUT2D eigenvalue weighted by Gasteiger charge is -2.41. The van der Waals surface area contributed by atoms with Crippen LogP contribution in [0.25, 0.3) is 0 Å². The molecule has 2 amide bonds. The van der Waals surface area contributed by atoms with E-state index in [9.17, 15) is 27.2 Å². The molecule has 0 spiro atoms. The summed E-state index contributed by atoms with van der Waals surface area (Å²) >= 11 is 6.27. The van der Waals surface area contributed by atoms with Crippen LogP contribution in [0.3, 0.4) is 0 Å². The Balaban J connectivity index is 1.46. The summed E-state index contributed by atoms with van der Waals surface area (Å²) in [4.78, 5) is 30.6. The highest BCUT2D eigenvalue weighted by atomic mass is 35.5. The standard InChI is InChI=1S/C33H34ClF4N3O2/c1-20-10-15-24(18-26(20)34)39-31(42)25-7-4-17-41(32(43)29-21(2)6-3-8-27(29)35)30(25)23-13-11-22(12-14-23)19-40-16-5-9-28(40)33(36,37)38/h3,6,8,10-15,18,25,28,30H,4-5,7,9,16-17,19H2,1-2H3,(H,39,42)/t25-,28-,30-/m0/s1. The molecule has 2 aliphatic heterocycles. The largest absolute Gasteiger partial charge is 0.404 e. The molecule has 1 N–H and O–H groups in total. The highest BCUT2D eigenvalue weighted by molar-refractivity contribution is 6.31. The number of likely N-dealkylation sites (tertiary alicyclic amines) is 2. The molecule has 2 aliphatic rings. The fourth-order valence-electron chi connectivity index (χ4n) is 6.30. The van der Waals surface area contributed by atoms with Crippen LogP contribution >= 0.6 is 11.6 Å². The maximum atomic E-state index is 14.9. The van der Waals surface area contributed by atoms with Crippen LogP contribution in [-0.2, 0) is 11.3 Å². The van der Waals surface area contributed by atoms with Crippen LogP contribution < -0.4 is 5.32 Å². The van der Waals surface area contributed by atoms with Gasteiger partial charge in [0.25, 0.3) is 5.91 Å². The zero-order valence-corrected chi connectivity index (χ0v) is 24.8. The van der Waals surface area contributed by atoms with Gasteiger partial charge in [0, 0.05) is 23.8 Å². The number of hydrogen-bond donors (Lipinski definition) is 1. The third-order valence-electron chi connectivity index (χ3n) is 8.55. The van der Waals surface area contributed by atoms with Crippen LogP contribution in [0.5, 0.6) is 0 Å². The van der Waals surface area contributed by atoms with Gasteiger partial charge in [0.05, 0.1) is 17.5 Å². The lowest BCUT2D eigenvalue weighted by molar-refractivity contribution is -0.177. The van der Waals surface area contributed by atoms with Crippen LogP contribution in [0, 0.1) is 25.6 Å². The molecule has 0 saturated carbocycles. The first-order valence-electron chi connectivity index (χ1n) is 14.5. The molecule has 10 heteroatoms. The Morgan fingerprint density at radius 1 is 0.953 bits per heavy atom. The van der Waals surface area contributed by atoms with Gasteiger partial charge in [-0.2, -0.15) is 13.2 Å². The van der Waals surface area contributed by atoms with Crippen molar-refractivity contribution >= 4 is 29.1 Å². The molecular weight excluding hydrogens is 582 g/mol. The molecule has 0 bridgehead atoms. The van der Waals surface area contributed by atoms with Crippen LogP contribution in [0.2, 0.25) is 5.02 Å². The normalized spacial score (nSPS) is 21.2. The molecule has 3 aromatic rings. The van der Waals surface area contributed by atoms with Crippen molar-refractivity contribution in [2.45, 2.75) is 64.3 Å². The van der Waals surface area contributed by atoms with Gasteiger partial charge in [0.15, 0.2) is 0 Å². The van der Waals surface area contributed by atoms with Crippen molar-refractivity contribution in [3.63, 3.8) is 0 Å². The van der Waals surface area contributed by atoms with E-state index in [-0.39, 0.29) is 24.4 Å². The molecular formula is C33H34ClF4N3O2.